The Morgan fingerprint density at radius 3 is 2.15 bits per heavy atom. The van der Waals surface area contributed by atoms with Gasteiger partial charge in [0.15, 0.2) is 0 Å². The van der Waals surface area contributed by atoms with Gasteiger partial charge in [0.05, 0.1) is 5.84 Å². The molecule has 0 fully saturated rings. The lowest BCUT2D eigenvalue weighted by Crippen LogP contribution is -3.00. The molecular formula is C8H8Cl3N2-. The SMILES string of the molecule is N=C(N)Cc1c(Cl)cccc1Cl.[Cl-]. The molecule has 1 aromatic rings. The molecule has 0 amide bonds. The third-order valence-electron chi connectivity index (χ3n) is 1.43. The summed E-state index contributed by atoms with van der Waals surface area (Å²) in [6.07, 6.45) is 0.304. The minimum Gasteiger partial charge on any atom is -1.00 e. The van der Waals surface area contributed by atoms with Gasteiger partial charge in [-0.25, -0.2) is 0 Å². The summed E-state index contributed by atoms with van der Waals surface area (Å²) in [5, 5.41) is 8.19. The summed E-state index contributed by atoms with van der Waals surface area (Å²) in [4.78, 5) is 0. The topological polar surface area (TPSA) is 49.9 Å². The second-order valence-electron chi connectivity index (χ2n) is 2.40. The van der Waals surface area contributed by atoms with Crippen molar-refractivity contribution in [3.8, 4) is 0 Å². The van der Waals surface area contributed by atoms with Crippen LogP contribution in [0, 0.1) is 5.41 Å². The number of nitrogens with two attached hydrogens (primary N) is 1. The van der Waals surface area contributed by atoms with Crippen LogP contribution >= 0.6 is 23.2 Å². The van der Waals surface area contributed by atoms with E-state index in [1.807, 2.05) is 0 Å². The molecule has 0 spiro atoms. The van der Waals surface area contributed by atoms with Gasteiger partial charge in [0.1, 0.15) is 0 Å². The predicted molar refractivity (Wildman–Crippen MR) is 52.1 cm³/mol. The molecule has 5 heteroatoms. The molecule has 1 rings (SSSR count). The van der Waals surface area contributed by atoms with E-state index >= 15 is 0 Å². The maximum atomic E-state index is 7.09. The van der Waals surface area contributed by atoms with Gasteiger partial charge in [-0.2, -0.15) is 0 Å². The fourth-order valence-electron chi connectivity index (χ4n) is 0.892. The van der Waals surface area contributed by atoms with E-state index in [-0.39, 0.29) is 18.2 Å². The standard InChI is InChI=1S/C8H8Cl2N2.ClH/c9-6-2-1-3-7(10)5(6)4-8(11)12;/h1-3H,4H2,(H3,11,12);1H/p-1. The second-order valence-corrected chi connectivity index (χ2v) is 3.22. The van der Waals surface area contributed by atoms with Gasteiger partial charge in [-0.15, -0.1) is 0 Å². The number of amidine groups is 1. The highest BCUT2D eigenvalue weighted by Crippen LogP contribution is 2.24. The molecule has 0 saturated heterocycles. The van der Waals surface area contributed by atoms with Crippen molar-refractivity contribution in [1.82, 2.24) is 0 Å². The van der Waals surface area contributed by atoms with Gasteiger partial charge in [0.25, 0.3) is 0 Å². The summed E-state index contributed by atoms with van der Waals surface area (Å²) < 4.78 is 0. The van der Waals surface area contributed by atoms with Crippen molar-refractivity contribution in [3.05, 3.63) is 33.8 Å². The monoisotopic (exact) mass is 237 g/mol. The number of hydrogen-bond donors (Lipinski definition) is 2. The Balaban J connectivity index is 0.00000144. The zero-order valence-corrected chi connectivity index (χ0v) is 8.92. The van der Waals surface area contributed by atoms with Crippen LogP contribution < -0.4 is 18.1 Å². The summed E-state index contributed by atoms with van der Waals surface area (Å²) in [6, 6.07) is 5.21. The van der Waals surface area contributed by atoms with Gasteiger partial charge in [-0.3, -0.25) is 5.41 Å². The molecule has 0 bridgehead atoms. The van der Waals surface area contributed by atoms with Crippen LogP contribution in [0.1, 0.15) is 5.56 Å². The molecule has 0 saturated carbocycles. The summed E-state index contributed by atoms with van der Waals surface area (Å²) in [6.45, 7) is 0. The molecule has 0 atom stereocenters. The number of nitrogens with one attached hydrogen (secondary N) is 1. The molecule has 2 nitrogen and oxygen atoms in total. The fourth-order valence-corrected chi connectivity index (χ4v) is 1.42. The van der Waals surface area contributed by atoms with Crippen molar-refractivity contribution >= 4 is 29.0 Å². The summed E-state index contributed by atoms with van der Waals surface area (Å²) in [7, 11) is 0. The average Bonchev–Trinajstić information content (AvgIpc) is 1.97. The number of rotatable bonds is 2. The van der Waals surface area contributed by atoms with E-state index in [0.29, 0.717) is 22.0 Å². The Labute approximate surface area is 92.9 Å². The second kappa shape index (κ2) is 5.32. The Bertz CT molecular complexity index is 292. The highest BCUT2D eigenvalue weighted by Gasteiger charge is 2.05. The maximum Gasteiger partial charge on any atom is 0.0951 e. The number of benzene rings is 1. The minimum atomic E-state index is 0. The molecular weight excluding hydrogens is 230 g/mol. The third kappa shape index (κ3) is 3.43. The molecule has 1 aromatic carbocycles. The first-order valence-corrected chi connectivity index (χ1v) is 4.12. The van der Waals surface area contributed by atoms with E-state index in [0.717, 1.165) is 0 Å². The van der Waals surface area contributed by atoms with Crippen molar-refractivity contribution in [3.63, 3.8) is 0 Å². The summed E-state index contributed by atoms with van der Waals surface area (Å²) in [5.41, 5.74) is 5.94. The van der Waals surface area contributed by atoms with Crippen LogP contribution in [0.15, 0.2) is 18.2 Å². The van der Waals surface area contributed by atoms with E-state index in [1.165, 1.54) is 0 Å². The van der Waals surface area contributed by atoms with Crippen LogP contribution in [0.3, 0.4) is 0 Å². The van der Waals surface area contributed by atoms with E-state index in [9.17, 15) is 0 Å². The Morgan fingerprint density at radius 1 is 1.31 bits per heavy atom. The molecule has 0 radical (unpaired) electrons. The normalized spacial score (nSPS) is 9.08. The third-order valence-corrected chi connectivity index (χ3v) is 2.14. The molecule has 13 heavy (non-hydrogen) atoms. The molecule has 0 unspecified atom stereocenters. The van der Waals surface area contributed by atoms with Crippen LogP contribution in [0.5, 0.6) is 0 Å². The van der Waals surface area contributed by atoms with E-state index in [2.05, 4.69) is 0 Å². The zero-order chi connectivity index (χ0) is 9.14. The predicted octanol–water partition coefficient (Wildman–Crippen LogP) is -0.524. The summed E-state index contributed by atoms with van der Waals surface area (Å²) >= 11 is 11.7. The van der Waals surface area contributed by atoms with E-state index in [4.69, 9.17) is 34.3 Å². The molecule has 0 aliphatic rings. The van der Waals surface area contributed by atoms with Crippen molar-refractivity contribution in [2.45, 2.75) is 6.42 Å². The van der Waals surface area contributed by atoms with Crippen LogP contribution in [-0.2, 0) is 6.42 Å². The van der Waals surface area contributed by atoms with Gasteiger partial charge >= 0.3 is 0 Å². The minimum absolute atomic E-state index is 0. The maximum absolute atomic E-state index is 7.09. The largest absolute Gasteiger partial charge is 1.00 e. The first-order valence-electron chi connectivity index (χ1n) is 3.37. The summed E-state index contributed by atoms with van der Waals surface area (Å²) in [5.74, 6) is 0.0602. The lowest BCUT2D eigenvalue weighted by atomic mass is 10.1. The van der Waals surface area contributed by atoms with Gasteiger partial charge in [-0.1, -0.05) is 29.3 Å². The van der Waals surface area contributed by atoms with Crippen LogP contribution in [0.25, 0.3) is 0 Å². The zero-order valence-electron chi connectivity index (χ0n) is 6.65. The van der Waals surface area contributed by atoms with Crippen LogP contribution in [0.4, 0.5) is 0 Å². The lowest BCUT2D eigenvalue weighted by molar-refractivity contribution is -0.00000272. The van der Waals surface area contributed by atoms with Gasteiger partial charge in [0.2, 0.25) is 0 Å². The van der Waals surface area contributed by atoms with E-state index in [1.54, 1.807) is 18.2 Å². The van der Waals surface area contributed by atoms with Crippen molar-refractivity contribution in [1.29, 1.82) is 5.41 Å². The van der Waals surface area contributed by atoms with E-state index < -0.39 is 0 Å². The Kier molecular flexibility index (Phi) is 5.14. The average molecular weight is 239 g/mol. The number of hydrogen-bond acceptors (Lipinski definition) is 1. The van der Waals surface area contributed by atoms with Crippen molar-refractivity contribution in [2.75, 3.05) is 0 Å². The fraction of sp³-hybridized carbons (Fsp3) is 0.125. The van der Waals surface area contributed by atoms with Crippen LogP contribution in [-0.4, -0.2) is 5.84 Å². The molecule has 3 N–H and O–H groups in total. The Hall–Kier alpha value is -0.440. The first-order chi connectivity index (χ1) is 5.61. The van der Waals surface area contributed by atoms with Gasteiger partial charge in [-0.05, 0) is 17.7 Å². The van der Waals surface area contributed by atoms with Gasteiger partial charge in [0, 0.05) is 16.5 Å². The smallest absolute Gasteiger partial charge is 0.0951 e. The first kappa shape index (κ1) is 12.6. The van der Waals surface area contributed by atoms with Crippen molar-refractivity contribution < 1.29 is 12.4 Å². The number of halogens is 3. The highest BCUT2D eigenvalue weighted by atomic mass is 35.5. The Morgan fingerprint density at radius 2 is 1.77 bits per heavy atom. The molecule has 0 heterocycles. The van der Waals surface area contributed by atoms with Crippen molar-refractivity contribution in [2.24, 2.45) is 5.73 Å². The molecule has 0 aromatic heterocycles. The van der Waals surface area contributed by atoms with Crippen LogP contribution in [0.2, 0.25) is 10.0 Å². The molecule has 72 valence electrons. The highest BCUT2D eigenvalue weighted by molar-refractivity contribution is 6.36. The lowest BCUT2D eigenvalue weighted by Gasteiger charge is -2.04. The van der Waals surface area contributed by atoms with Gasteiger partial charge < -0.3 is 18.1 Å². The molecule has 0 aliphatic heterocycles. The molecule has 0 aliphatic carbocycles. The quantitative estimate of drug-likeness (QED) is 0.528.